The van der Waals surface area contributed by atoms with Crippen LogP contribution in [-0.4, -0.2) is 30.7 Å². The molecule has 0 fully saturated rings. The SMILES string of the molecule is Cc1ccccc1-n1c(C)nnc1SCCCc1nc(-c2cccs2)no1. The van der Waals surface area contributed by atoms with Crippen LogP contribution in [0.1, 0.15) is 23.7 Å². The van der Waals surface area contributed by atoms with Gasteiger partial charge in [-0.1, -0.05) is 41.2 Å². The van der Waals surface area contributed by atoms with E-state index in [1.807, 2.05) is 36.6 Å². The monoisotopic (exact) mass is 397 g/mol. The number of nitrogens with zero attached hydrogens (tertiary/aromatic N) is 5. The largest absolute Gasteiger partial charge is 0.339 e. The Hall–Kier alpha value is -2.45. The van der Waals surface area contributed by atoms with Crippen molar-refractivity contribution < 1.29 is 4.52 Å². The molecule has 3 heterocycles. The maximum Gasteiger partial charge on any atom is 0.227 e. The van der Waals surface area contributed by atoms with E-state index in [-0.39, 0.29) is 0 Å². The van der Waals surface area contributed by atoms with Crippen LogP contribution >= 0.6 is 23.1 Å². The molecule has 0 aliphatic rings. The fourth-order valence-electron chi connectivity index (χ4n) is 2.78. The quantitative estimate of drug-likeness (QED) is 0.332. The minimum absolute atomic E-state index is 0.669. The van der Waals surface area contributed by atoms with Gasteiger partial charge in [0.05, 0.1) is 10.6 Å². The summed E-state index contributed by atoms with van der Waals surface area (Å²) in [5.74, 6) is 3.14. The maximum absolute atomic E-state index is 5.36. The molecule has 0 N–H and O–H groups in total. The van der Waals surface area contributed by atoms with Crippen molar-refractivity contribution in [1.82, 2.24) is 24.9 Å². The zero-order chi connectivity index (χ0) is 18.6. The minimum Gasteiger partial charge on any atom is -0.339 e. The summed E-state index contributed by atoms with van der Waals surface area (Å²) in [6.45, 7) is 4.08. The Balaban J connectivity index is 1.37. The van der Waals surface area contributed by atoms with Crippen LogP contribution in [0.3, 0.4) is 0 Å². The van der Waals surface area contributed by atoms with Crippen molar-refractivity contribution in [2.75, 3.05) is 5.75 Å². The lowest BCUT2D eigenvalue weighted by Gasteiger charge is -2.10. The summed E-state index contributed by atoms with van der Waals surface area (Å²) < 4.78 is 7.47. The van der Waals surface area contributed by atoms with Crippen molar-refractivity contribution >= 4 is 23.1 Å². The van der Waals surface area contributed by atoms with Crippen LogP contribution in [0, 0.1) is 13.8 Å². The Bertz CT molecular complexity index is 1020. The average molecular weight is 398 g/mol. The number of thiophene rings is 1. The molecule has 0 amide bonds. The minimum atomic E-state index is 0.669. The molecule has 0 saturated heterocycles. The molecule has 0 radical (unpaired) electrons. The van der Waals surface area contributed by atoms with Gasteiger partial charge >= 0.3 is 0 Å². The molecule has 0 saturated carbocycles. The topological polar surface area (TPSA) is 69.6 Å². The smallest absolute Gasteiger partial charge is 0.227 e. The van der Waals surface area contributed by atoms with Gasteiger partial charge in [0.15, 0.2) is 5.16 Å². The Morgan fingerprint density at radius 2 is 2.00 bits per heavy atom. The highest BCUT2D eigenvalue weighted by Gasteiger charge is 2.13. The molecule has 0 unspecified atom stereocenters. The summed E-state index contributed by atoms with van der Waals surface area (Å²) in [7, 11) is 0. The summed E-state index contributed by atoms with van der Waals surface area (Å²) in [6, 6.07) is 12.3. The summed E-state index contributed by atoms with van der Waals surface area (Å²) in [5, 5.41) is 15.6. The normalized spacial score (nSPS) is 11.2. The molecule has 27 heavy (non-hydrogen) atoms. The molecule has 138 valence electrons. The average Bonchev–Trinajstić information content (AvgIpc) is 3.41. The first-order chi connectivity index (χ1) is 13.2. The molecule has 6 nitrogen and oxygen atoms in total. The lowest BCUT2D eigenvalue weighted by Crippen LogP contribution is -2.01. The molecule has 4 rings (SSSR count). The number of rotatable bonds is 7. The van der Waals surface area contributed by atoms with E-state index in [2.05, 4.69) is 44.0 Å². The van der Waals surface area contributed by atoms with Crippen molar-refractivity contribution in [3.63, 3.8) is 0 Å². The number of hydrogen-bond acceptors (Lipinski definition) is 7. The molecule has 1 aromatic carbocycles. The van der Waals surface area contributed by atoms with Crippen LogP contribution in [0.5, 0.6) is 0 Å². The summed E-state index contributed by atoms with van der Waals surface area (Å²) in [6.07, 6.45) is 1.68. The van der Waals surface area contributed by atoms with Crippen molar-refractivity contribution in [2.45, 2.75) is 31.8 Å². The van der Waals surface area contributed by atoms with Crippen molar-refractivity contribution in [2.24, 2.45) is 0 Å². The summed E-state index contributed by atoms with van der Waals surface area (Å²) >= 11 is 3.31. The first-order valence-corrected chi connectivity index (χ1v) is 10.6. The third-order valence-electron chi connectivity index (χ3n) is 4.13. The number of benzene rings is 1. The molecular weight excluding hydrogens is 378 g/mol. The second-order valence-corrected chi connectivity index (χ2v) is 8.10. The van der Waals surface area contributed by atoms with E-state index in [0.717, 1.165) is 40.1 Å². The zero-order valence-electron chi connectivity index (χ0n) is 15.1. The first kappa shape index (κ1) is 17.9. The Morgan fingerprint density at radius 3 is 2.81 bits per heavy atom. The van der Waals surface area contributed by atoms with E-state index in [9.17, 15) is 0 Å². The maximum atomic E-state index is 5.36. The Labute approximate surface area is 165 Å². The number of hydrogen-bond donors (Lipinski definition) is 0. The van der Waals surface area contributed by atoms with E-state index < -0.39 is 0 Å². The van der Waals surface area contributed by atoms with Crippen LogP contribution in [0.25, 0.3) is 16.4 Å². The lowest BCUT2D eigenvalue weighted by atomic mass is 10.2. The van der Waals surface area contributed by atoms with E-state index >= 15 is 0 Å². The van der Waals surface area contributed by atoms with Gasteiger partial charge in [-0.05, 0) is 43.3 Å². The van der Waals surface area contributed by atoms with E-state index in [4.69, 9.17) is 4.52 Å². The van der Waals surface area contributed by atoms with E-state index in [1.165, 1.54) is 5.56 Å². The van der Waals surface area contributed by atoms with Gasteiger partial charge in [0.25, 0.3) is 0 Å². The molecule has 0 aliphatic carbocycles. The van der Waals surface area contributed by atoms with Crippen molar-refractivity contribution in [3.8, 4) is 16.4 Å². The van der Waals surface area contributed by atoms with Gasteiger partial charge in [0.1, 0.15) is 5.82 Å². The standard InChI is InChI=1S/C19H19N5OS2/c1-13-7-3-4-8-15(13)24-14(2)21-22-19(24)27-12-6-10-17-20-18(23-25-17)16-9-5-11-26-16/h3-5,7-9,11H,6,10,12H2,1-2H3. The number of thioether (sulfide) groups is 1. The number of aryl methyl sites for hydroxylation is 3. The predicted molar refractivity (Wildman–Crippen MR) is 107 cm³/mol. The highest BCUT2D eigenvalue weighted by molar-refractivity contribution is 7.99. The Kier molecular flexibility index (Phi) is 5.35. The van der Waals surface area contributed by atoms with E-state index in [0.29, 0.717) is 11.7 Å². The van der Waals surface area contributed by atoms with E-state index in [1.54, 1.807) is 23.1 Å². The number of para-hydroxylation sites is 1. The molecule has 4 aromatic rings. The first-order valence-electron chi connectivity index (χ1n) is 8.69. The van der Waals surface area contributed by atoms with Gasteiger partial charge in [-0.2, -0.15) is 4.98 Å². The molecule has 0 bridgehead atoms. The van der Waals surface area contributed by atoms with Crippen molar-refractivity contribution in [1.29, 1.82) is 0 Å². The second kappa shape index (κ2) is 8.06. The Morgan fingerprint density at radius 1 is 1.11 bits per heavy atom. The summed E-state index contributed by atoms with van der Waals surface area (Å²) in [5.41, 5.74) is 2.33. The molecule has 0 atom stereocenters. The van der Waals surface area contributed by atoms with Gasteiger partial charge in [0.2, 0.25) is 11.7 Å². The molecule has 3 aromatic heterocycles. The number of aromatic nitrogens is 5. The zero-order valence-corrected chi connectivity index (χ0v) is 16.8. The van der Waals surface area contributed by atoms with Gasteiger partial charge in [-0.15, -0.1) is 21.5 Å². The van der Waals surface area contributed by atoms with Gasteiger partial charge < -0.3 is 4.52 Å². The molecule has 0 spiro atoms. The van der Waals surface area contributed by atoms with Gasteiger partial charge in [-0.25, -0.2) is 0 Å². The van der Waals surface area contributed by atoms with Crippen LogP contribution < -0.4 is 0 Å². The third kappa shape index (κ3) is 3.96. The molecule has 0 aliphatic heterocycles. The van der Waals surface area contributed by atoms with Crippen LogP contribution in [0.2, 0.25) is 0 Å². The van der Waals surface area contributed by atoms with Gasteiger partial charge in [-0.3, -0.25) is 4.57 Å². The fourth-order valence-corrected chi connectivity index (χ4v) is 4.36. The summed E-state index contributed by atoms with van der Waals surface area (Å²) in [4.78, 5) is 5.50. The highest BCUT2D eigenvalue weighted by atomic mass is 32.2. The molecule has 8 heteroatoms. The predicted octanol–water partition coefficient (Wildman–Crippen LogP) is 4.72. The van der Waals surface area contributed by atoms with Crippen molar-refractivity contribution in [3.05, 3.63) is 59.1 Å². The van der Waals surface area contributed by atoms with Crippen LogP contribution in [0.4, 0.5) is 0 Å². The highest BCUT2D eigenvalue weighted by Crippen LogP contribution is 2.25. The van der Waals surface area contributed by atoms with Gasteiger partial charge in [0, 0.05) is 12.2 Å². The lowest BCUT2D eigenvalue weighted by molar-refractivity contribution is 0.378. The fraction of sp³-hybridized carbons (Fsp3) is 0.263. The third-order valence-corrected chi connectivity index (χ3v) is 6.01. The van der Waals surface area contributed by atoms with Crippen LogP contribution in [-0.2, 0) is 6.42 Å². The van der Waals surface area contributed by atoms with Crippen LogP contribution in [0.15, 0.2) is 51.5 Å². The second-order valence-electron chi connectivity index (χ2n) is 6.09. The molecular formula is C19H19N5OS2.